The first-order chi connectivity index (χ1) is 8.13. The minimum absolute atomic E-state index is 0.0557. The van der Waals surface area contributed by atoms with E-state index in [-0.39, 0.29) is 17.2 Å². The number of hydrogen-bond donors (Lipinski definition) is 2. The molecule has 0 heterocycles. The summed E-state index contributed by atoms with van der Waals surface area (Å²) >= 11 is 0. The van der Waals surface area contributed by atoms with Gasteiger partial charge in [0.1, 0.15) is 5.82 Å². The molecule has 1 saturated carbocycles. The van der Waals surface area contributed by atoms with E-state index in [0.717, 1.165) is 6.54 Å². The number of amides is 1. The summed E-state index contributed by atoms with van der Waals surface area (Å²) in [6.07, 6.45) is 2.34. The van der Waals surface area contributed by atoms with Crippen molar-refractivity contribution in [2.75, 3.05) is 19.0 Å². The van der Waals surface area contributed by atoms with Gasteiger partial charge in [0, 0.05) is 13.6 Å². The van der Waals surface area contributed by atoms with Crippen molar-refractivity contribution in [1.29, 1.82) is 0 Å². The molecule has 4 nitrogen and oxygen atoms in total. The van der Waals surface area contributed by atoms with Crippen molar-refractivity contribution in [3.8, 4) is 0 Å². The van der Waals surface area contributed by atoms with Crippen LogP contribution in [0.25, 0.3) is 0 Å². The predicted molar refractivity (Wildman–Crippen MR) is 63.9 cm³/mol. The number of nitrogens with two attached hydrogens (primary N) is 1. The number of halogens is 1. The van der Waals surface area contributed by atoms with Crippen molar-refractivity contribution >= 4 is 11.6 Å². The molecule has 1 amide bonds. The highest BCUT2D eigenvalue weighted by molar-refractivity contribution is 5.99. The number of para-hydroxylation sites is 1. The van der Waals surface area contributed by atoms with Crippen molar-refractivity contribution in [1.82, 2.24) is 4.90 Å². The molecule has 1 aliphatic rings. The summed E-state index contributed by atoms with van der Waals surface area (Å²) in [6.45, 7) is 0.722. The number of carbonyl (C=O) groups is 1. The molecule has 2 rings (SSSR count). The van der Waals surface area contributed by atoms with Gasteiger partial charge in [-0.15, -0.1) is 0 Å². The van der Waals surface area contributed by atoms with E-state index in [0.29, 0.717) is 5.92 Å². The lowest BCUT2D eigenvalue weighted by molar-refractivity contribution is 0.0789. The highest BCUT2D eigenvalue weighted by Crippen LogP contribution is 2.30. The number of hydrazine groups is 1. The molecule has 0 atom stereocenters. The number of hydrogen-bond acceptors (Lipinski definition) is 3. The van der Waals surface area contributed by atoms with Crippen molar-refractivity contribution in [2.45, 2.75) is 12.8 Å². The van der Waals surface area contributed by atoms with E-state index in [2.05, 4.69) is 5.43 Å². The molecule has 0 aliphatic heterocycles. The number of nitrogen functional groups attached to an aromatic ring is 1. The van der Waals surface area contributed by atoms with E-state index in [4.69, 9.17) is 5.84 Å². The molecular formula is C12H16FN3O. The van der Waals surface area contributed by atoms with Gasteiger partial charge in [0.05, 0.1) is 11.3 Å². The summed E-state index contributed by atoms with van der Waals surface area (Å²) in [7, 11) is 1.73. The molecule has 92 valence electrons. The van der Waals surface area contributed by atoms with E-state index >= 15 is 0 Å². The van der Waals surface area contributed by atoms with Crippen LogP contribution in [0, 0.1) is 11.7 Å². The molecule has 5 heteroatoms. The lowest BCUT2D eigenvalue weighted by Gasteiger charge is -2.18. The van der Waals surface area contributed by atoms with Crippen LogP contribution in [0.4, 0.5) is 10.1 Å². The Morgan fingerprint density at radius 3 is 2.88 bits per heavy atom. The molecule has 1 fully saturated rings. The molecule has 3 N–H and O–H groups in total. The van der Waals surface area contributed by atoms with Crippen LogP contribution >= 0.6 is 0 Å². The first-order valence-corrected chi connectivity index (χ1v) is 5.64. The molecule has 0 saturated heterocycles. The number of anilines is 1. The van der Waals surface area contributed by atoms with Crippen LogP contribution in [0.15, 0.2) is 18.2 Å². The maximum Gasteiger partial charge on any atom is 0.255 e. The van der Waals surface area contributed by atoms with Gasteiger partial charge in [0.25, 0.3) is 5.91 Å². The summed E-state index contributed by atoms with van der Waals surface area (Å²) in [4.78, 5) is 13.7. The zero-order valence-electron chi connectivity index (χ0n) is 9.74. The van der Waals surface area contributed by atoms with Gasteiger partial charge < -0.3 is 10.3 Å². The molecule has 1 aromatic carbocycles. The molecular weight excluding hydrogens is 221 g/mol. The van der Waals surface area contributed by atoms with Gasteiger partial charge in [-0.3, -0.25) is 10.6 Å². The van der Waals surface area contributed by atoms with E-state index in [1.807, 2.05) is 0 Å². The van der Waals surface area contributed by atoms with Crippen molar-refractivity contribution < 1.29 is 9.18 Å². The van der Waals surface area contributed by atoms with Crippen LogP contribution in [0.3, 0.4) is 0 Å². The second-order valence-corrected chi connectivity index (χ2v) is 4.44. The average molecular weight is 237 g/mol. The lowest BCUT2D eigenvalue weighted by atomic mass is 10.1. The third kappa shape index (κ3) is 2.55. The number of benzene rings is 1. The second-order valence-electron chi connectivity index (χ2n) is 4.44. The Kier molecular flexibility index (Phi) is 3.28. The van der Waals surface area contributed by atoms with Crippen LogP contribution in [-0.2, 0) is 0 Å². The van der Waals surface area contributed by atoms with E-state index in [1.165, 1.54) is 25.0 Å². The first-order valence-electron chi connectivity index (χ1n) is 5.64. The van der Waals surface area contributed by atoms with E-state index < -0.39 is 5.82 Å². The fourth-order valence-corrected chi connectivity index (χ4v) is 1.83. The largest absolute Gasteiger partial charge is 0.341 e. The zero-order chi connectivity index (χ0) is 12.4. The SMILES string of the molecule is CN(CC1CC1)C(=O)c1cccc(F)c1NN. The van der Waals surface area contributed by atoms with Gasteiger partial charge >= 0.3 is 0 Å². The zero-order valence-corrected chi connectivity index (χ0v) is 9.74. The van der Waals surface area contributed by atoms with Crippen molar-refractivity contribution in [2.24, 2.45) is 11.8 Å². The minimum atomic E-state index is -0.516. The average Bonchev–Trinajstić information content (AvgIpc) is 3.11. The quantitative estimate of drug-likeness (QED) is 0.617. The number of carbonyl (C=O) groups excluding carboxylic acids is 1. The van der Waals surface area contributed by atoms with Crippen LogP contribution in [0.2, 0.25) is 0 Å². The Labute approximate surface area is 99.6 Å². The molecule has 0 spiro atoms. The summed E-state index contributed by atoms with van der Waals surface area (Å²) < 4.78 is 13.4. The van der Waals surface area contributed by atoms with Gasteiger partial charge in [0.2, 0.25) is 0 Å². The standard InChI is InChI=1S/C12H16FN3O/c1-16(7-8-5-6-8)12(17)9-3-2-4-10(13)11(9)15-14/h2-4,8,15H,5-7,14H2,1H3. The third-order valence-corrected chi connectivity index (χ3v) is 2.96. The van der Waals surface area contributed by atoms with Crippen LogP contribution in [0.1, 0.15) is 23.2 Å². The Morgan fingerprint density at radius 1 is 1.59 bits per heavy atom. The fourth-order valence-electron chi connectivity index (χ4n) is 1.83. The predicted octanol–water partition coefficient (Wildman–Crippen LogP) is 1.59. The molecule has 0 radical (unpaired) electrons. The summed E-state index contributed by atoms with van der Waals surface area (Å²) in [5.41, 5.74) is 2.58. The van der Waals surface area contributed by atoms with E-state index in [1.54, 1.807) is 18.0 Å². The summed E-state index contributed by atoms with van der Waals surface area (Å²) in [5, 5.41) is 0. The Bertz CT molecular complexity index is 432. The fraction of sp³-hybridized carbons (Fsp3) is 0.417. The van der Waals surface area contributed by atoms with Crippen molar-refractivity contribution in [3.05, 3.63) is 29.6 Å². The molecule has 0 aromatic heterocycles. The van der Waals surface area contributed by atoms with Gasteiger partial charge in [-0.05, 0) is 30.9 Å². The van der Waals surface area contributed by atoms with Gasteiger partial charge in [-0.25, -0.2) is 4.39 Å². The lowest BCUT2D eigenvalue weighted by Crippen LogP contribution is -2.30. The van der Waals surface area contributed by atoms with Crippen LogP contribution < -0.4 is 11.3 Å². The Morgan fingerprint density at radius 2 is 2.29 bits per heavy atom. The second kappa shape index (κ2) is 4.71. The van der Waals surface area contributed by atoms with Gasteiger partial charge in [-0.1, -0.05) is 6.07 Å². The highest BCUT2D eigenvalue weighted by atomic mass is 19.1. The maximum absolute atomic E-state index is 13.4. The molecule has 1 aliphatic carbocycles. The van der Waals surface area contributed by atoms with Gasteiger partial charge in [-0.2, -0.15) is 0 Å². The molecule has 17 heavy (non-hydrogen) atoms. The number of rotatable bonds is 4. The number of nitrogens with one attached hydrogen (secondary N) is 1. The van der Waals surface area contributed by atoms with Gasteiger partial charge in [0.15, 0.2) is 0 Å². The highest BCUT2D eigenvalue weighted by Gasteiger charge is 2.26. The normalized spacial score (nSPS) is 14.5. The van der Waals surface area contributed by atoms with Crippen molar-refractivity contribution in [3.63, 3.8) is 0 Å². The smallest absolute Gasteiger partial charge is 0.255 e. The topological polar surface area (TPSA) is 58.4 Å². The minimum Gasteiger partial charge on any atom is -0.341 e. The summed E-state index contributed by atoms with van der Waals surface area (Å²) in [6, 6.07) is 4.35. The Hall–Kier alpha value is -1.62. The summed E-state index contributed by atoms with van der Waals surface area (Å²) in [5.74, 6) is 5.13. The van der Waals surface area contributed by atoms with Crippen LogP contribution in [-0.4, -0.2) is 24.4 Å². The monoisotopic (exact) mass is 237 g/mol. The first kappa shape index (κ1) is 11.9. The molecule has 0 bridgehead atoms. The molecule has 1 aromatic rings. The molecule has 0 unspecified atom stereocenters. The number of nitrogens with zero attached hydrogens (tertiary/aromatic N) is 1. The van der Waals surface area contributed by atoms with E-state index in [9.17, 15) is 9.18 Å². The third-order valence-electron chi connectivity index (χ3n) is 2.96. The van der Waals surface area contributed by atoms with Crippen LogP contribution in [0.5, 0.6) is 0 Å². The maximum atomic E-state index is 13.4. The Balaban J connectivity index is 2.19.